The summed E-state index contributed by atoms with van der Waals surface area (Å²) in [7, 11) is 0. The smallest absolute Gasteiger partial charge is 0.224 e. The van der Waals surface area contributed by atoms with Crippen LogP contribution in [0.2, 0.25) is 0 Å². The largest absolute Gasteiger partial charge is 0.355 e. The molecule has 2 rings (SSSR count). The number of halogens is 1. The van der Waals surface area contributed by atoms with Crippen LogP contribution in [-0.2, 0) is 17.6 Å². The van der Waals surface area contributed by atoms with Crippen molar-refractivity contribution in [1.29, 1.82) is 0 Å². The highest BCUT2D eigenvalue weighted by Crippen LogP contribution is 2.08. The molecule has 0 heterocycles. The first-order chi connectivity index (χ1) is 9.63. The number of thiol groups is 1. The fourth-order valence-electron chi connectivity index (χ4n) is 1.90. The minimum absolute atomic E-state index is 0.0340. The summed E-state index contributed by atoms with van der Waals surface area (Å²) in [5.74, 6) is -0.283. The van der Waals surface area contributed by atoms with Crippen LogP contribution >= 0.6 is 12.6 Å². The van der Waals surface area contributed by atoms with Crippen molar-refractivity contribution in [2.24, 2.45) is 0 Å². The molecule has 104 valence electrons. The van der Waals surface area contributed by atoms with Gasteiger partial charge in [0.1, 0.15) is 5.82 Å². The molecular weight excluding hydrogens is 273 g/mol. The Morgan fingerprint density at radius 1 is 1.10 bits per heavy atom. The second-order valence-electron chi connectivity index (χ2n) is 4.57. The fraction of sp³-hybridized carbons (Fsp3) is 0.188. The number of nitrogens with one attached hydrogen (secondary N) is 1. The summed E-state index contributed by atoms with van der Waals surface area (Å²) in [4.78, 5) is 12.6. The summed E-state index contributed by atoms with van der Waals surface area (Å²) in [6, 6.07) is 13.9. The van der Waals surface area contributed by atoms with Gasteiger partial charge in [-0.2, -0.15) is 0 Å². The van der Waals surface area contributed by atoms with Gasteiger partial charge in [-0.15, -0.1) is 12.6 Å². The van der Waals surface area contributed by atoms with E-state index < -0.39 is 0 Å². The second-order valence-corrected chi connectivity index (χ2v) is 5.09. The van der Waals surface area contributed by atoms with Crippen molar-refractivity contribution in [1.82, 2.24) is 5.32 Å². The van der Waals surface area contributed by atoms with Crippen molar-refractivity contribution in [2.75, 3.05) is 6.54 Å². The molecule has 0 saturated carbocycles. The van der Waals surface area contributed by atoms with Gasteiger partial charge in [-0.3, -0.25) is 4.79 Å². The molecule has 1 amide bonds. The van der Waals surface area contributed by atoms with Crippen molar-refractivity contribution in [3.8, 4) is 0 Å². The van der Waals surface area contributed by atoms with E-state index in [2.05, 4.69) is 17.9 Å². The van der Waals surface area contributed by atoms with E-state index in [9.17, 15) is 9.18 Å². The molecule has 2 nitrogen and oxygen atoms in total. The lowest BCUT2D eigenvalue weighted by Gasteiger charge is -2.06. The van der Waals surface area contributed by atoms with Crippen LogP contribution in [0, 0.1) is 5.82 Å². The van der Waals surface area contributed by atoms with E-state index in [0.29, 0.717) is 19.4 Å². The van der Waals surface area contributed by atoms with Gasteiger partial charge in [-0.25, -0.2) is 4.39 Å². The highest BCUT2D eigenvalue weighted by Gasteiger charge is 2.03. The number of hydrogen-bond acceptors (Lipinski definition) is 2. The predicted octanol–water partition coefficient (Wildman–Crippen LogP) is 3.02. The van der Waals surface area contributed by atoms with Gasteiger partial charge in [0.15, 0.2) is 0 Å². The van der Waals surface area contributed by atoms with Crippen LogP contribution in [0.15, 0.2) is 53.4 Å². The summed E-state index contributed by atoms with van der Waals surface area (Å²) >= 11 is 4.20. The third-order valence-electron chi connectivity index (χ3n) is 2.93. The summed E-state index contributed by atoms with van der Waals surface area (Å²) in [6.45, 7) is 0.507. The van der Waals surface area contributed by atoms with Crippen LogP contribution in [0.3, 0.4) is 0 Å². The Balaban J connectivity index is 1.76. The Labute approximate surface area is 123 Å². The Morgan fingerprint density at radius 2 is 1.85 bits per heavy atom. The van der Waals surface area contributed by atoms with Crippen LogP contribution in [0.5, 0.6) is 0 Å². The molecule has 20 heavy (non-hydrogen) atoms. The van der Waals surface area contributed by atoms with Gasteiger partial charge < -0.3 is 5.32 Å². The quantitative estimate of drug-likeness (QED) is 0.814. The predicted molar refractivity (Wildman–Crippen MR) is 80.5 cm³/mol. The average Bonchev–Trinajstić information content (AvgIpc) is 2.41. The Morgan fingerprint density at radius 3 is 2.55 bits per heavy atom. The molecule has 0 radical (unpaired) electrons. The first-order valence-corrected chi connectivity index (χ1v) is 6.87. The molecule has 4 heteroatoms. The molecule has 1 N–H and O–H groups in total. The summed E-state index contributed by atoms with van der Waals surface area (Å²) in [5.41, 5.74) is 1.83. The lowest BCUT2D eigenvalue weighted by Crippen LogP contribution is -2.27. The average molecular weight is 289 g/mol. The van der Waals surface area contributed by atoms with Crippen LogP contribution in [0.25, 0.3) is 0 Å². The van der Waals surface area contributed by atoms with E-state index in [1.54, 1.807) is 6.07 Å². The number of benzene rings is 2. The molecule has 0 saturated heterocycles. The maximum absolute atomic E-state index is 13.0. The number of rotatable bonds is 5. The molecule has 0 atom stereocenters. The van der Waals surface area contributed by atoms with Crippen LogP contribution in [0.1, 0.15) is 11.1 Å². The molecule has 0 aliphatic rings. The standard InChI is InChI=1S/C16H16FNOS/c17-14-3-1-2-12(10-14)8-9-18-16(19)11-13-4-6-15(20)7-5-13/h1-7,10,20H,8-9,11H2,(H,18,19). The van der Waals surface area contributed by atoms with Crippen LogP contribution in [-0.4, -0.2) is 12.5 Å². The number of amides is 1. The molecule has 0 aliphatic carbocycles. The normalized spacial score (nSPS) is 10.3. The van der Waals surface area contributed by atoms with E-state index in [4.69, 9.17) is 0 Å². The molecule has 0 fully saturated rings. The van der Waals surface area contributed by atoms with Crippen molar-refractivity contribution in [3.05, 3.63) is 65.5 Å². The molecule has 0 aliphatic heterocycles. The minimum atomic E-state index is -0.249. The highest BCUT2D eigenvalue weighted by atomic mass is 32.1. The molecule has 0 unspecified atom stereocenters. The topological polar surface area (TPSA) is 29.1 Å². The van der Waals surface area contributed by atoms with Crippen molar-refractivity contribution < 1.29 is 9.18 Å². The van der Waals surface area contributed by atoms with E-state index in [1.807, 2.05) is 30.3 Å². The molecule has 0 spiro atoms. The van der Waals surface area contributed by atoms with Crippen LogP contribution in [0.4, 0.5) is 4.39 Å². The van der Waals surface area contributed by atoms with Crippen LogP contribution < -0.4 is 5.32 Å². The summed E-state index contributed by atoms with van der Waals surface area (Å²) in [6.07, 6.45) is 0.969. The maximum atomic E-state index is 13.0. The van der Waals surface area contributed by atoms with Gasteiger partial charge in [-0.05, 0) is 41.8 Å². The Hall–Kier alpha value is -1.81. The third-order valence-corrected chi connectivity index (χ3v) is 3.22. The van der Waals surface area contributed by atoms with Crippen molar-refractivity contribution >= 4 is 18.5 Å². The van der Waals surface area contributed by atoms with Gasteiger partial charge in [0.25, 0.3) is 0 Å². The fourth-order valence-corrected chi connectivity index (χ4v) is 2.05. The second kappa shape index (κ2) is 7.10. The Bertz CT molecular complexity index is 583. The van der Waals surface area contributed by atoms with E-state index in [1.165, 1.54) is 12.1 Å². The summed E-state index contributed by atoms with van der Waals surface area (Å²) in [5, 5.41) is 2.83. The zero-order valence-corrected chi connectivity index (χ0v) is 11.9. The molecule has 0 aromatic heterocycles. The SMILES string of the molecule is O=C(Cc1ccc(S)cc1)NCCc1cccc(F)c1. The zero-order chi connectivity index (χ0) is 14.4. The Kier molecular flexibility index (Phi) is 5.18. The van der Waals surface area contributed by atoms with E-state index in [-0.39, 0.29) is 11.7 Å². The number of hydrogen-bond donors (Lipinski definition) is 2. The molecule has 2 aromatic rings. The monoisotopic (exact) mass is 289 g/mol. The van der Waals surface area contributed by atoms with Gasteiger partial charge in [0.2, 0.25) is 5.91 Å². The molecular formula is C16H16FNOS. The number of carbonyl (C=O) groups is 1. The van der Waals surface area contributed by atoms with Gasteiger partial charge in [-0.1, -0.05) is 24.3 Å². The highest BCUT2D eigenvalue weighted by molar-refractivity contribution is 7.80. The maximum Gasteiger partial charge on any atom is 0.224 e. The van der Waals surface area contributed by atoms with E-state index in [0.717, 1.165) is 16.0 Å². The van der Waals surface area contributed by atoms with E-state index >= 15 is 0 Å². The first-order valence-electron chi connectivity index (χ1n) is 6.42. The molecule has 0 bridgehead atoms. The number of carbonyl (C=O) groups excluding carboxylic acids is 1. The van der Waals surface area contributed by atoms with Crippen molar-refractivity contribution in [2.45, 2.75) is 17.7 Å². The minimum Gasteiger partial charge on any atom is -0.355 e. The third kappa shape index (κ3) is 4.70. The molecule has 2 aromatic carbocycles. The summed E-state index contributed by atoms with van der Waals surface area (Å²) < 4.78 is 13.0. The lowest BCUT2D eigenvalue weighted by molar-refractivity contribution is -0.120. The lowest BCUT2D eigenvalue weighted by atomic mass is 10.1. The van der Waals surface area contributed by atoms with Gasteiger partial charge in [0.05, 0.1) is 6.42 Å². The van der Waals surface area contributed by atoms with Gasteiger partial charge in [0, 0.05) is 11.4 Å². The van der Waals surface area contributed by atoms with Crippen molar-refractivity contribution in [3.63, 3.8) is 0 Å². The first kappa shape index (κ1) is 14.6. The van der Waals surface area contributed by atoms with Gasteiger partial charge >= 0.3 is 0 Å². The zero-order valence-electron chi connectivity index (χ0n) is 11.0.